The van der Waals surface area contributed by atoms with E-state index < -0.39 is 0 Å². The van der Waals surface area contributed by atoms with Gasteiger partial charge >= 0.3 is 0 Å². The zero-order valence-corrected chi connectivity index (χ0v) is 10.9. The molecule has 0 aliphatic carbocycles. The Morgan fingerprint density at radius 3 is 2.89 bits per heavy atom. The summed E-state index contributed by atoms with van der Waals surface area (Å²) in [7, 11) is 0. The largest absolute Gasteiger partial charge is 0.331 e. The maximum Gasteiger partial charge on any atom is 0.255 e. The number of rotatable bonds is 1. The Kier molecular flexibility index (Phi) is 3.03. The molecule has 19 heavy (non-hydrogen) atoms. The van der Waals surface area contributed by atoms with E-state index in [9.17, 15) is 4.79 Å². The summed E-state index contributed by atoms with van der Waals surface area (Å²) in [6.45, 7) is 2.86. The first-order valence-corrected chi connectivity index (χ1v) is 6.56. The minimum Gasteiger partial charge on any atom is -0.331 e. The van der Waals surface area contributed by atoms with Gasteiger partial charge < -0.3 is 4.90 Å². The van der Waals surface area contributed by atoms with Crippen LogP contribution in [0.4, 0.5) is 0 Å². The average molecular weight is 252 g/mol. The third-order valence-electron chi connectivity index (χ3n) is 3.76. The quantitative estimate of drug-likeness (QED) is 0.782. The van der Waals surface area contributed by atoms with Gasteiger partial charge in [-0.15, -0.1) is 0 Å². The predicted octanol–water partition coefficient (Wildman–Crippen LogP) is 2.84. The van der Waals surface area contributed by atoms with Crippen LogP contribution in [0.2, 0.25) is 0 Å². The lowest BCUT2D eigenvalue weighted by Crippen LogP contribution is -2.38. The van der Waals surface area contributed by atoms with Gasteiger partial charge in [0.15, 0.2) is 0 Å². The van der Waals surface area contributed by atoms with Crippen LogP contribution in [0.1, 0.15) is 34.5 Å². The molecule has 0 saturated heterocycles. The molecule has 1 unspecified atom stereocenters. The van der Waals surface area contributed by atoms with E-state index >= 15 is 0 Å². The van der Waals surface area contributed by atoms with Gasteiger partial charge in [0.05, 0.1) is 11.6 Å². The van der Waals surface area contributed by atoms with E-state index in [4.69, 9.17) is 0 Å². The highest BCUT2D eigenvalue weighted by Crippen LogP contribution is 2.30. The number of benzene rings is 1. The van der Waals surface area contributed by atoms with Gasteiger partial charge in [-0.25, -0.2) is 0 Å². The van der Waals surface area contributed by atoms with E-state index in [2.05, 4.69) is 30.1 Å². The zero-order chi connectivity index (χ0) is 13.2. The van der Waals surface area contributed by atoms with E-state index in [-0.39, 0.29) is 11.9 Å². The number of hydrogen-bond acceptors (Lipinski definition) is 2. The molecule has 3 rings (SSSR count). The number of amides is 1. The van der Waals surface area contributed by atoms with Crippen molar-refractivity contribution in [1.29, 1.82) is 0 Å². The molecule has 1 amide bonds. The van der Waals surface area contributed by atoms with Gasteiger partial charge in [0.1, 0.15) is 0 Å². The van der Waals surface area contributed by atoms with E-state index in [1.165, 1.54) is 11.1 Å². The van der Waals surface area contributed by atoms with Gasteiger partial charge in [-0.2, -0.15) is 0 Å². The summed E-state index contributed by atoms with van der Waals surface area (Å²) in [6, 6.07) is 12.1. The lowest BCUT2D eigenvalue weighted by molar-refractivity contribution is 0.0677. The lowest BCUT2D eigenvalue weighted by Gasteiger charge is -2.35. The van der Waals surface area contributed by atoms with Gasteiger partial charge in [-0.3, -0.25) is 9.78 Å². The molecule has 96 valence electrons. The van der Waals surface area contributed by atoms with Crippen LogP contribution >= 0.6 is 0 Å². The summed E-state index contributed by atoms with van der Waals surface area (Å²) in [4.78, 5) is 18.5. The number of nitrogens with zero attached hydrogens (tertiary/aromatic N) is 2. The fourth-order valence-electron chi connectivity index (χ4n) is 2.70. The Hall–Kier alpha value is -2.16. The molecule has 1 atom stereocenters. The van der Waals surface area contributed by atoms with Crippen molar-refractivity contribution >= 4 is 5.91 Å². The topological polar surface area (TPSA) is 33.2 Å². The standard InChI is InChI=1S/C16H16N2O/c1-12-15-7-3-2-5-13(15)8-10-18(12)16(19)14-6-4-9-17-11-14/h2-7,9,11-12H,8,10H2,1H3. The first-order chi connectivity index (χ1) is 9.27. The summed E-state index contributed by atoms with van der Waals surface area (Å²) in [5.41, 5.74) is 3.27. The van der Waals surface area contributed by atoms with Crippen molar-refractivity contribution in [2.75, 3.05) is 6.54 Å². The molecule has 2 heterocycles. The second-order valence-corrected chi connectivity index (χ2v) is 4.87. The monoisotopic (exact) mass is 252 g/mol. The molecular weight excluding hydrogens is 236 g/mol. The van der Waals surface area contributed by atoms with Crippen LogP contribution in [0, 0.1) is 0 Å². The molecule has 1 aromatic heterocycles. The molecule has 2 aromatic rings. The fraction of sp³-hybridized carbons (Fsp3) is 0.250. The third-order valence-corrected chi connectivity index (χ3v) is 3.76. The molecule has 0 spiro atoms. The normalized spacial score (nSPS) is 17.9. The van der Waals surface area contributed by atoms with Crippen molar-refractivity contribution in [2.24, 2.45) is 0 Å². The summed E-state index contributed by atoms with van der Waals surface area (Å²) in [6.07, 6.45) is 4.24. The summed E-state index contributed by atoms with van der Waals surface area (Å²) in [5.74, 6) is 0.0649. The fourth-order valence-corrected chi connectivity index (χ4v) is 2.70. The highest BCUT2D eigenvalue weighted by atomic mass is 16.2. The molecule has 3 heteroatoms. The van der Waals surface area contributed by atoms with E-state index in [0.29, 0.717) is 5.56 Å². The third kappa shape index (κ3) is 2.12. The Morgan fingerprint density at radius 1 is 1.26 bits per heavy atom. The molecule has 1 aliphatic heterocycles. The number of carbonyl (C=O) groups excluding carboxylic acids is 1. The highest BCUT2D eigenvalue weighted by Gasteiger charge is 2.27. The molecule has 1 aromatic carbocycles. The van der Waals surface area contributed by atoms with Crippen molar-refractivity contribution in [3.8, 4) is 0 Å². The van der Waals surface area contributed by atoms with Gasteiger partial charge in [0.25, 0.3) is 5.91 Å². The molecule has 0 N–H and O–H groups in total. The van der Waals surface area contributed by atoms with Crippen LogP contribution in [-0.4, -0.2) is 22.3 Å². The Balaban J connectivity index is 1.90. The van der Waals surface area contributed by atoms with Gasteiger partial charge in [-0.1, -0.05) is 24.3 Å². The zero-order valence-electron chi connectivity index (χ0n) is 10.9. The number of carbonyl (C=O) groups is 1. The lowest BCUT2D eigenvalue weighted by atomic mass is 9.93. The van der Waals surface area contributed by atoms with Crippen molar-refractivity contribution in [3.63, 3.8) is 0 Å². The van der Waals surface area contributed by atoms with E-state index in [0.717, 1.165) is 13.0 Å². The van der Waals surface area contributed by atoms with Gasteiger partial charge in [0.2, 0.25) is 0 Å². The first kappa shape index (κ1) is 11.9. The number of pyridine rings is 1. The minimum atomic E-state index is 0.0649. The van der Waals surface area contributed by atoms with Crippen LogP contribution in [0.3, 0.4) is 0 Å². The molecule has 3 nitrogen and oxygen atoms in total. The highest BCUT2D eigenvalue weighted by molar-refractivity contribution is 5.94. The maximum absolute atomic E-state index is 12.5. The SMILES string of the molecule is CC1c2ccccc2CCN1C(=O)c1cccnc1. The van der Waals surface area contributed by atoms with Gasteiger partial charge in [0, 0.05) is 18.9 Å². The molecule has 0 fully saturated rings. The second kappa shape index (κ2) is 4.84. The Morgan fingerprint density at radius 2 is 2.11 bits per heavy atom. The summed E-state index contributed by atoms with van der Waals surface area (Å²) < 4.78 is 0. The van der Waals surface area contributed by atoms with E-state index in [1.54, 1.807) is 18.5 Å². The van der Waals surface area contributed by atoms with Crippen LogP contribution in [0.5, 0.6) is 0 Å². The van der Waals surface area contributed by atoms with Crippen molar-refractivity contribution in [2.45, 2.75) is 19.4 Å². The van der Waals surface area contributed by atoms with Gasteiger partial charge in [-0.05, 0) is 36.6 Å². The van der Waals surface area contributed by atoms with Crippen LogP contribution < -0.4 is 0 Å². The van der Waals surface area contributed by atoms with Crippen LogP contribution in [0.25, 0.3) is 0 Å². The minimum absolute atomic E-state index is 0.0649. The van der Waals surface area contributed by atoms with Crippen molar-refractivity contribution in [1.82, 2.24) is 9.88 Å². The smallest absolute Gasteiger partial charge is 0.255 e. The number of hydrogen-bond donors (Lipinski definition) is 0. The van der Waals surface area contributed by atoms with Crippen molar-refractivity contribution in [3.05, 3.63) is 65.5 Å². The summed E-state index contributed by atoms with van der Waals surface area (Å²) in [5, 5.41) is 0. The van der Waals surface area contributed by atoms with E-state index in [1.807, 2.05) is 17.0 Å². The van der Waals surface area contributed by atoms with Crippen molar-refractivity contribution < 1.29 is 4.79 Å². The maximum atomic E-state index is 12.5. The molecule has 0 saturated carbocycles. The second-order valence-electron chi connectivity index (χ2n) is 4.87. The van der Waals surface area contributed by atoms with Crippen LogP contribution in [0.15, 0.2) is 48.8 Å². The molecule has 1 aliphatic rings. The Bertz CT molecular complexity index is 595. The Labute approximate surface area is 112 Å². The first-order valence-electron chi connectivity index (χ1n) is 6.56. The number of fused-ring (bicyclic) bond motifs is 1. The molecule has 0 bridgehead atoms. The molecular formula is C16H16N2O. The number of aromatic nitrogens is 1. The summed E-state index contributed by atoms with van der Waals surface area (Å²) >= 11 is 0. The average Bonchev–Trinajstić information content (AvgIpc) is 2.48. The molecule has 0 radical (unpaired) electrons. The predicted molar refractivity (Wildman–Crippen MR) is 73.8 cm³/mol. The van der Waals surface area contributed by atoms with Crippen LogP contribution in [-0.2, 0) is 6.42 Å².